The van der Waals surface area contributed by atoms with Gasteiger partial charge in [0.2, 0.25) is 0 Å². The van der Waals surface area contributed by atoms with Crippen molar-refractivity contribution >= 4 is 5.82 Å². The molecular weight excluding hydrogens is 357 g/mol. The van der Waals surface area contributed by atoms with Crippen LogP contribution in [0.2, 0.25) is 0 Å². The van der Waals surface area contributed by atoms with Crippen LogP contribution in [0.1, 0.15) is 12.5 Å². The molecule has 2 atom stereocenters. The Hall–Kier alpha value is -2.82. The molecule has 0 radical (unpaired) electrons. The average molecular weight is 372 g/mol. The van der Waals surface area contributed by atoms with Crippen LogP contribution in [0.4, 0.5) is 19.0 Å². The van der Waals surface area contributed by atoms with Gasteiger partial charge >= 0.3 is 18.2 Å². The summed E-state index contributed by atoms with van der Waals surface area (Å²) in [4.78, 5) is 14.0. The second-order valence-electron chi connectivity index (χ2n) is 5.79. The van der Waals surface area contributed by atoms with Crippen molar-refractivity contribution in [1.29, 1.82) is 0 Å². The van der Waals surface area contributed by atoms with E-state index in [2.05, 4.69) is 15.0 Å². The normalized spacial score (nSPS) is 19.5. The molecule has 0 spiro atoms. The molecule has 26 heavy (non-hydrogen) atoms. The Kier molecular flexibility index (Phi) is 4.72. The largest absolute Gasteiger partial charge is 0.573 e. The van der Waals surface area contributed by atoms with E-state index in [1.54, 1.807) is 4.57 Å². The number of benzene rings is 1. The molecule has 0 aliphatic carbocycles. The van der Waals surface area contributed by atoms with Gasteiger partial charge in [-0.25, -0.2) is 0 Å². The van der Waals surface area contributed by atoms with E-state index in [0.29, 0.717) is 13.1 Å². The van der Waals surface area contributed by atoms with E-state index in [4.69, 9.17) is 4.74 Å². The predicted octanol–water partition coefficient (Wildman–Crippen LogP) is 2.63. The average Bonchev–Trinajstić information content (AvgIpc) is 2.95. The van der Waals surface area contributed by atoms with Gasteiger partial charge in [-0.2, -0.15) is 0 Å². The summed E-state index contributed by atoms with van der Waals surface area (Å²) in [5.74, 6) is -0.570. The Morgan fingerprint density at radius 1 is 1.42 bits per heavy atom. The van der Waals surface area contributed by atoms with Gasteiger partial charge in [-0.1, -0.05) is 12.1 Å². The van der Waals surface area contributed by atoms with E-state index in [-0.39, 0.29) is 29.7 Å². The number of ether oxygens (including phenoxy) is 2. The number of nitro groups is 1. The lowest BCUT2D eigenvalue weighted by Crippen LogP contribution is -2.47. The van der Waals surface area contributed by atoms with Crippen LogP contribution in [0.5, 0.6) is 11.8 Å². The molecule has 2 aromatic rings. The third kappa shape index (κ3) is 4.23. The molecule has 1 aliphatic rings. The molecule has 0 fully saturated rings. The molecule has 8 nitrogen and oxygen atoms in total. The minimum Gasteiger partial charge on any atom is -0.441 e. The molecule has 0 amide bonds. The molecule has 3 rings (SSSR count). The van der Waals surface area contributed by atoms with Crippen molar-refractivity contribution in [2.45, 2.75) is 38.5 Å². The third-order valence-electron chi connectivity index (χ3n) is 3.89. The van der Waals surface area contributed by atoms with Crippen LogP contribution in [0.25, 0.3) is 0 Å². The lowest BCUT2D eigenvalue weighted by atomic mass is 10.1. The Bertz CT molecular complexity index is 791. The van der Waals surface area contributed by atoms with Crippen molar-refractivity contribution in [3.63, 3.8) is 0 Å². The maximum atomic E-state index is 12.2. The van der Waals surface area contributed by atoms with Crippen molar-refractivity contribution < 1.29 is 27.6 Å². The predicted molar refractivity (Wildman–Crippen MR) is 82.7 cm³/mol. The quantitative estimate of drug-likeness (QED) is 0.641. The standard InChI is InChI=1S/C15H15F3N4O4/c1-9-12(7-21-8-13(22(23)24)20-14(21)25-9)19-6-10-2-4-11(5-3-10)26-15(16,17)18/h2-5,8-9,12,19H,6-7H2,1H3/t9-,12+/m1/s1. The number of aromatic nitrogens is 2. The smallest absolute Gasteiger partial charge is 0.441 e. The number of hydrogen-bond acceptors (Lipinski definition) is 6. The summed E-state index contributed by atoms with van der Waals surface area (Å²) < 4.78 is 47.4. The zero-order valence-corrected chi connectivity index (χ0v) is 13.6. The maximum absolute atomic E-state index is 12.2. The first-order valence-electron chi connectivity index (χ1n) is 7.67. The van der Waals surface area contributed by atoms with Gasteiger partial charge in [0, 0.05) is 18.1 Å². The molecule has 11 heteroatoms. The zero-order valence-electron chi connectivity index (χ0n) is 13.6. The first-order chi connectivity index (χ1) is 12.2. The molecule has 1 aliphatic heterocycles. The Balaban J connectivity index is 1.60. The highest BCUT2D eigenvalue weighted by atomic mass is 19.4. The summed E-state index contributed by atoms with van der Waals surface area (Å²) in [6, 6.07) is 5.56. The van der Waals surface area contributed by atoms with Crippen LogP contribution in [0.3, 0.4) is 0 Å². The van der Waals surface area contributed by atoms with Gasteiger partial charge in [0.25, 0.3) is 0 Å². The fourth-order valence-electron chi connectivity index (χ4n) is 2.60. The van der Waals surface area contributed by atoms with Gasteiger partial charge in [-0.05, 0) is 29.5 Å². The Morgan fingerprint density at radius 2 is 2.12 bits per heavy atom. The van der Waals surface area contributed by atoms with Crippen molar-refractivity contribution in [2.24, 2.45) is 0 Å². The third-order valence-corrected chi connectivity index (χ3v) is 3.89. The van der Waals surface area contributed by atoms with Crippen LogP contribution >= 0.6 is 0 Å². The van der Waals surface area contributed by atoms with Crippen molar-refractivity contribution in [1.82, 2.24) is 14.9 Å². The summed E-state index contributed by atoms with van der Waals surface area (Å²) >= 11 is 0. The summed E-state index contributed by atoms with van der Waals surface area (Å²) in [5, 5.41) is 14.0. The van der Waals surface area contributed by atoms with Gasteiger partial charge in [0.05, 0.1) is 6.04 Å². The van der Waals surface area contributed by atoms with E-state index in [1.807, 2.05) is 6.92 Å². The summed E-state index contributed by atoms with van der Waals surface area (Å²) in [5.41, 5.74) is 0.758. The monoisotopic (exact) mass is 372 g/mol. The fourth-order valence-corrected chi connectivity index (χ4v) is 2.60. The van der Waals surface area contributed by atoms with E-state index < -0.39 is 11.3 Å². The summed E-state index contributed by atoms with van der Waals surface area (Å²) in [7, 11) is 0. The van der Waals surface area contributed by atoms with E-state index >= 15 is 0 Å². The van der Waals surface area contributed by atoms with E-state index in [9.17, 15) is 23.3 Å². The number of nitrogens with one attached hydrogen (secondary N) is 1. The number of rotatable bonds is 5. The highest BCUT2D eigenvalue weighted by molar-refractivity contribution is 5.27. The number of imidazole rings is 1. The highest BCUT2D eigenvalue weighted by Gasteiger charge is 2.33. The molecule has 0 bridgehead atoms. The molecule has 2 heterocycles. The molecule has 1 aromatic carbocycles. The molecule has 0 saturated carbocycles. The van der Waals surface area contributed by atoms with Crippen LogP contribution in [0.15, 0.2) is 30.5 Å². The van der Waals surface area contributed by atoms with Gasteiger partial charge < -0.3 is 24.9 Å². The minimum atomic E-state index is -4.72. The van der Waals surface area contributed by atoms with Gasteiger partial charge in [-0.3, -0.25) is 4.57 Å². The van der Waals surface area contributed by atoms with Crippen LogP contribution in [-0.2, 0) is 13.1 Å². The molecule has 140 valence electrons. The summed E-state index contributed by atoms with van der Waals surface area (Å²) in [6.45, 7) is 2.62. The number of halogens is 3. The SMILES string of the molecule is C[C@H]1Oc2nc([N+](=O)[O-])cn2C[C@@H]1NCc1ccc(OC(F)(F)F)cc1. The van der Waals surface area contributed by atoms with E-state index in [0.717, 1.165) is 5.56 Å². The summed E-state index contributed by atoms with van der Waals surface area (Å²) in [6.07, 6.45) is -3.70. The highest BCUT2D eigenvalue weighted by Crippen LogP contribution is 2.25. The van der Waals surface area contributed by atoms with E-state index in [1.165, 1.54) is 30.5 Å². The van der Waals surface area contributed by atoms with Crippen molar-refractivity contribution in [3.05, 3.63) is 46.1 Å². The minimum absolute atomic E-state index is 0.151. The van der Waals surface area contributed by atoms with Crippen LogP contribution in [0, 0.1) is 10.1 Å². The van der Waals surface area contributed by atoms with Gasteiger partial charge in [-0.15, -0.1) is 13.2 Å². The molecule has 0 saturated heterocycles. The van der Waals surface area contributed by atoms with Crippen molar-refractivity contribution in [3.8, 4) is 11.8 Å². The number of nitrogens with zero attached hydrogens (tertiary/aromatic N) is 3. The van der Waals surface area contributed by atoms with Crippen LogP contribution in [-0.4, -0.2) is 33.0 Å². The Morgan fingerprint density at radius 3 is 2.73 bits per heavy atom. The molecule has 0 unspecified atom stereocenters. The lowest BCUT2D eigenvalue weighted by Gasteiger charge is -2.29. The Labute approximate surface area is 145 Å². The second-order valence-corrected chi connectivity index (χ2v) is 5.79. The number of hydrogen-bond donors (Lipinski definition) is 1. The fraction of sp³-hybridized carbons (Fsp3) is 0.400. The van der Waals surface area contributed by atoms with Crippen LogP contribution < -0.4 is 14.8 Å². The molecule has 1 N–H and O–H groups in total. The van der Waals surface area contributed by atoms with Gasteiger partial charge in [0.1, 0.15) is 18.1 Å². The lowest BCUT2D eigenvalue weighted by molar-refractivity contribution is -0.389. The van der Waals surface area contributed by atoms with Crippen molar-refractivity contribution in [2.75, 3.05) is 0 Å². The topological polar surface area (TPSA) is 91.5 Å². The number of fused-ring (bicyclic) bond motifs is 1. The maximum Gasteiger partial charge on any atom is 0.573 e. The first-order valence-corrected chi connectivity index (χ1v) is 7.67. The number of alkyl halides is 3. The first kappa shape index (κ1) is 18.0. The second kappa shape index (κ2) is 6.83. The zero-order chi connectivity index (χ0) is 18.9. The molecular formula is C15H15F3N4O4. The van der Waals surface area contributed by atoms with Gasteiger partial charge in [0.15, 0.2) is 0 Å². The molecule has 1 aromatic heterocycles.